The standard InChI is InChI=1S/C10H11ClINO2/c1-10(2,15)9(14)13-8-4-3-6(12)5-7(8)11/h3-5,15H,1-2H3,(H,13,14). The van der Waals surface area contributed by atoms with Crippen molar-refractivity contribution in [3.05, 3.63) is 26.8 Å². The molecule has 0 radical (unpaired) electrons. The number of rotatable bonds is 2. The van der Waals surface area contributed by atoms with Crippen LogP contribution in [0, 0.1) is 3.57 Å². The molecule has 0 saturated heterocycles. The van der Waals surface area contributed by atoms with Gasteiger partial charge in [-0.3, -0.25) is 4.79 Å². The minimum absolute atomic E-state index is 0.458. The van der Waals surface area contributed by atoms with Crippen LogP contribution >= 0.6 is 34.2 Å². The molecule has 0 spiro atoms. The fraction of sp³-hybridized carbons (Fsp3) is 0.300. The van der Waals surface area contributed by atoms with Gasteiger partial charge in [-0.25, -0.2) is 0 Å². The first-order valence-electron chi connectivity index (χ1n) is 4.29. The molecule has 0 bridgehead atoms. The van der Waals surface area contributed by atoms with Gasteiger partial charge in [0.2, 0.25) is 0 Å². The highest BCUT2D eigenvalue weighted by atomic mass is 127. The Balaban J connectivity index is 2.87. The molecule has 5 heteroatoms. The van der Waals surface area contributed by atoms with E-state index in [2.05, 4.69) is 27.9 Å². The highest BCUT2D eigenvalue weighted by Crippen LogP contribution is 2.24. The van der Waals surface area contributed by atoms with Crippen LogP contribution in [0.15, 0.2) is 18.2 Å². The summed E-state index contributed by atoms with van der Waals surface area (Å²) in [6.45, 7) is 2.84. The summed E-state index contributed by atoms with van der Waals surface area (Å²) in [5.41, 5.74) is -0.906. The summed E-state index contributed by atoms with van der Waals surface area (Å²) < 4.78 is 0.985. The number of nitrogens with one attached hydrogen (secondary N) is 1. The normalized spacial score (nSPS) is 11.3. The molecular weight excluding hydrogens is 328 g/mol. The van der Waals surface area contributed by atoms with Crippen molar-refractivity contribution >= 4 is 45.8 Å². The fourth-order valence-corrected chi connectivity index (χ4v) is 1.77. The quantitative estimate of drug-likeness (QED) is 0.814. The van der Waals surface area contributed by atoms with E-state index in [-0.39, 0.29) is 0 Å². The Labute approximate surface area is 107 Å². The van der Waals surface area contributed by atoms with Crippen molar-refractivity contribution in [2.75, 3.05) is 5.32 Å². The number of amides is 1. The van der Waals surface area contributed by atoms with Crippen LogP contribution in [-0.4, -0.2) is 16.6 Å². The summed E-state index contributed by atoms with van der Waals surface area (Å²) in [4.78, 5) is 11.4. The highest BCUT2D eigenvalue weighted by molar-refractivity contribution is 14.1. The van der Waals surface area contributed by atoms with Gasteiger partial charge in [-0.2, -0.15) is 0 Å². The van der Waals surface area contributed by atoms with Crippen molar-refractivity contribution in [3.63, 3.8) is 0 Å². The lowest BCUT2D eigenvalue weighted by molar-refractivity contribution is -0.130. The maximum Gasteiger partial charge on any atom is 0.255 e. The lowest BCUT2D eigenvalue weighted by Gasteiger charge is -2.17. The minimum atomic E-state index is -1.41. The van der Waals surface area contributed by atoms with Crippen molar-refractivity contribution < 1.29 is 9.90 Å². The summed E-state index contributed by atoms with van der Waals surface area (Å²) in [6.07, 6.45) is 0. The highest BCUT2D eigenvalue weighted by Gasteiger charge is 2.24. The van der Waals surface area contributed by atoms with Gasteiger partial charge in [-0.15, -0.1) is 0 Å². The third-order valence-electron chi connectivity index (χ3n) is 1.74. The molecule has 0 aliphatic carbocycles. The molecular formula is C10H11ClINO2. The number of hydrogen-bond donors (Lipinski definition) is 2. The number of carbonyl (C=O) groups is 1. The van der Waals surface area contributed by atoms with Crippen LogP contribution in [0.3, 0.4) is 0 Å². The SMILES string of the molecule is CC(C)(O)C(=O)Nc1ccc(I)cc1Cl. The number of hydrogen-bond acceptors (Lipinski definition) is 2. The summed E-state index contributed by atoms with van der Waals surface area (Å²) in [7, 11) is 0. The van der Waals surface area contributed by atoms with Crippen molar-refractivity contribution in [3.8, 4) is 0 Å². The average Bonchev–Trinajstić information content (AvgIpc) is 2.08. The first-order valence-corrected chi connectivity index (χ1v) is 5.75. The smallest absolute Gasteiger partial charge is 0.255 e. The van der Waals surface area contributed by atoms with Crippen LogP contribution in [0.1, 0.15) is 13.8 Å². The van der Waals surface area contributed by atoms with E-state index in [0.717, 1.165) is 3.57 Å². The van der Waals surface area contributed by atoms with E-state index < -0.39 is 11.5 Å². The third-order valence-corrected chi connectivity index (χ3v) is 2.72. The summed E-state index contributed by atoms with van der Waals surface area (Å²) >= 11 is 8.05. The summed E-state index contributed by atoms with van der Waals surface area (Å²) in [5, 5.41) is 12.4. The molecule has 0 aromatic heterocycles. The zero-order chi connectivity index (χ0) is 11.6. The zero-order valence-electron chi connectivity index (χ0n) is 8.34. The monoisotopic (exact) mass is 339 g/mol. The number of aliphatic hydroxyl groups is 1. The molecule has 0 heterocycles. The van der Waals surface area contributed by atoms with Gasteiger partial charge in [-0.05, 0) is 54.6 Å². The maximum atomic E-state index is 11.4. The Hall–Kier alpha value is -0.330. The predicted octanol–water partition coefficient (Wildman–Crippen LogP) is 2.65. The first-order chi connectivity index (χ1) is 6.80. The van der Waals surface area contributed by atoms with E-state index in [1.165, 1.54) is 13.8 Å². The Bertz CT molecular complexity index is 387. The van der Waals surface area contributed by atoms with Gasteiger partial charge in [0.25, 0.3) is 5.91 Å². The Morgan fingerprint density at radius 3 is 2.60 bits per heavy atom. The summed E-state index contributed by atoms with van der Waals surface area (Å²) in [5.74, 6) is -0.481. The van der Waals surface area contributed by atoms with Crippen molar-refractivity contribution in [2.24, 2.45) is 0 Å². The molecule has 2 N–H and O–H groups in total. The molecule has 1 rings (SSSR count). The van der Waals surface area contributed by atoms with Crippen LogP contribution in [-0.2, 0) is 4.79 Å². The van der Waals surface area contributed by atoms with Crippen LogP contribution < -0.4 is 5.32 Å². The average molecular weight is 340 g/mol. The molecule has 0 atom stereocenters. The Morgan fingerprint density at radius 2 is 2.13 bits per heavy atom. The molecule has 1 aromatic carbocycles. The molecule has 15 heavy (non-hydrogen) atoms. The van der Waals surface area contributed by atoms with Crippen LogP contribution in [0.4, 0.5) is 5.69 Å². The number of anilines is 1. The molecule has 1 aromatic rings. The molecule has 0 aliphatic heterocycles. The third kappa shape index (κ3) is 3.62. The minimum Gasteiger partial charge on any atom is -0.381 e. The number of halogens is 2. The van der Waals surface area contributed by atoms with E-state index in [1.54, 1.807) is 12.1 Å². The van der Waals surface area contributed by atoms with Gasteiger partial charge < -0.3 is 10.4 Å². The van der Waals surface area contributed by atoms with Crippen molar-refractivity contribution in [1.82, 2.24) is 0 Å². The molecule has 0 fully saturated rings. The van der Waals surface area contributed by atoms with Crippen LogP contribution in [0.5, 0.6) is 0 Å². The van der Waals surface area contributed by atoms with E-state index in [1.807, 2.05) is 6.07 Å². The van der Waals surface area contributed by atoms with E-state index >= 15 is 0 Å². The largest absolute Gasteiger partial charge is 0.381 e. The molecule has 0 unspecified atom stereocenters. The second-order valence-corrected chi connectivity index (χ2v) is 5.29. The Morgan fingerprint density at radius 1 is 1.53 bits per heavy atom. The van der Waals surface area contributed by atoms with Crippen molar-refractivity contribution in [1.29, 1.82) is 0 Å². The molecule has 82 valence electrons. The number of carbonyl (C=O) groups excluding carboxylic acids is 1. The van der Waals surface area contributed by atoms with Gasteiger partial charge in [0.15, 0.2) is 0 Å². The molecule has 0 aliphatic rings. The molecule has 0 saturated carbocycles. The lowest BCUT2D eigenvalue weighted by atomic mass is 10.1. The van der Waals surface area contributed by atoms with E-state index in [4.69, 9.17) is 11.6 Å². The molecule has 1 amide bonds. The van der Waals surface area contributed by atoms with Crippen LogP contribution in [0.25, 0.3) is 0 Å². The maximum absolute atomic E-state index is 11.4. The first kappa shape index (κ1) is 12.7. The van der Waals surface area contributed by atoms with Gasteiger partial charge in [0.05, 0.1) is 10.7 Å². The second-order valence-electron chi connectivity index (χ2n) is 3.64. The predicted molar refractivity (Wildman–Crippen MR) is 69.1 cm³/mol. The van der Waals surface area contributed by atoms with Gasteiger partial charge in [0, 0.05) is 3.57 Å². The lowest BCUT2D eigenvalue weighted by Crippen LogP contribution is -2.36. The zero-order valence-corrected chi connectivity index (χ0v) is 11.3. The second kappa shape index (κ2) is 4.67. The Kier molecular flexibility index (Phi) is 3.97. The van der Waals surface area contributed by atoms with E-state index in [0.29, 0.717) is 10.7 Å². The molecule has 3 nitrogen and oxygen atoms in total. The van der Waals surface area contributed by atoms with Gasteiger partial charge in [-0.1, -0.05) is 11.6 Å². The van der Waals surface area contributed by atoms with E-state index in [9.17, 15) is 9.90 Å². The van der Waals surface area contributed by atoms with Crippen LogP contribution in [0.2, 0.25) is 5.02 Å². The van der Waals surface area contributed by atoms with Crippen molar-refractivity contribution in [2.45, 2.75) is 19.4 Å². The van der Waals surface area contributed by atoms with Gasteiger partial charge >= 0.3 is 0 Å². The number of benzene rings is 1. The summed E-state index contributed by atoms with van der Waals surface area (Å²) in [6, 6.07) is 5.27. The fourth-order valence-electron chi connectivity index (χ4n) is 0.866. The van der Waals surface area contributed by atoms with Gasteiger partial charge in [0.1, 0.15) is 5.60 Å². The topological polar surface area (TPSA) is 49.3 Å².